The van der Waals surface area contributed by atoms with E-state index < -0.39 is 0 Å². The van der Waals surface area contributed by atoms with Crippen LogP contribution in [0.15, 0.2) is 12.1 Å². The zero-order chi connectivity index (χ0) is 14.4. The first-order chi connectivity index (χ1) is 9.74. The molecule has 1 aromatic rings. The van der Waals surface area contributed by atoms with E-state index in [0.29, 0.717) is 6.04 Å². The molecule has 1 aliphatic rings. The lowest BCUT2D eigenvalue weighted by Crippen LogP contribution is -2.29. The van der Waals surface area contributed by atoms with E-state index in [1.165, 1.54) is 36.8 Å². The lowest BCUT2D eigenvalue weighted by atomic mass is 10.0. The second-order valence-corrected chi connectivity index (χ2v) is 6.04. The van der Waals surface area contributed by atoms with Gasteiger partial charge in [0, 0.05) is 17.5 Å². The van der Waals surface area contributed by atoms with Crippen molar-refractivity contribution in [2.45, 2.75) is 58.4 Å². The molecule has 1 heterocycles. The van der Waals surface area contributed by atoms with Crippen LogP contribution < -0.4 is 10.1 Å². The Hall–Kier alpha value is -0.730. The number of hydrogen-bond donors (Lipinski definition) is 1. The lowest BCUT2D eigenvalue weighted by Gasteiger charge is -2.16. The number of aryl methyl sites for hydroxylation is 1. The summed E-state index contributed by atoms with van der Waals surface area (Å²) in [6, 6.07) is 4.76. The number of ether oxygens (including phenoxy) is 1. The molecule has 1 aromatic carbocycles. The van der Waals surface area contributed by atoms with Crippen LogP contribution in [0.25, 0.3) is 0 Å². The third-order valence-corrected chi connectivity index (χ3v) is 4.22. The van der Waals surface area contributed by atoms with Gasteiger partial charge in [-0.3, -0.25) is 0 Å². The molecule has 0 spiro atoms. The third-order valence-electron chi connectivity index (χ3n) is 4.00. The molecule has 2 rings (SSSR count). The highest BCUT2D eigenvalue weighted by Gasteiger charge is 2.17. The normalized spacial score (nSPS) is 14.9. The van der Waals surface area contributed by atoms with Crippen molar-refractivity contribution in [3.8, 4) is 5.75 Å². The standard InChI is InChI=1S/C17H26ClNO/c1-3-9-19-16(4-2)7-5-6-13-11-15(18)12-14-8-10-20-17(13)14/h11-12,16,19H,3-10H2,1-2H3. The van der Waals surface area contributed by atoms with Crippen LogP contribution in [-0.2, 0) is 12.8 Å². The van der Waals surface area contributed by atoms with Gasteiger partial charge in [0.1, 0.15) is 5.75 Å². The molecule has 0 amide bonds. The van der Waals surface area contributed by atoms with Gasteiger partial charge in [-0.25, -0.2) is 0 Å². The van der Waals surface area contributed by atoms with Crippen molar-refractivity contribution in [3.05, 3.63) is 28.3 Å². The van der Waals surface area contributed by atoms with E-state index in [9.17, 15) is 0 Å². The Balaban J connectivity index is 1.88. The predicted molar refractivity (Wildman–Crippen MR) is 86.0 cm³/mol. The maximum Gasteiger partial charge on any atom is 0.125 e. The van der Waals surface area contributed by atoms with Gasteiger partial charge in [0.25, 0.3) is 0 Å². The van der Waals surface area contributed by atoms with Gasteiger partial charge < -0.3 is 10.1 Å². The Morgan fingerprint density at radius 1 is 1.35 bits per heavy atom. The van der Waals surface area contributed by atoms with Crippen LogP contribution in [0.1, 0.15) is 50.7 Å². The smallest absolute Gasteiger partial charge is 0.125 e. The summed E-state index contributed by atoms with van der Waals surface area (Å²) in [4.78, 5) is 0. The van der Waals surface area contributed by atoms with Crippen LogP contribution in [0.4, 0.5) is 0 Å². The van der Waals surface area contributed by atoms with Gasteiger partial charge in [-0.1, -0.05) is 25.4 Å². The van der Waals surface area contributed by atoms with E-state index >= 15 is 0 Å². The Labute approximate surface area is 127 Å². The molecule has 3 heteroatoms. The molecule has 112 valence electrons. The molecule has 20 heavy (non-hydrogen) atoms. The second kappa shape index (κ2) is 7.90. The van der Waals surface area contributed by atoms with Crippen molar-refractivity contribution >= 4 is 11.6 Å². The Morgan fingerprint density at radius 2 is 2.20 bits per heavy atom. The summed E-state index contributed by atoms with van der Waals surface area (Å²) >= 11 is 6.20. The number of nitrogens with one attached hydrogen (secondary N) is 1. The first kappa shape index (κ1) is 15.7. The molecule has 1 unspecified atom stereocenters. The predicted octanol–water partition coefficient (Wildman–Crippen LogP) is 4.38. The summed E-state index contributed by atoms with van der Waals surface area (Å²) in [5, 5.41) is 4.46. The molecule has 0 radical (unpaired) electrons. The van der Waals surface area contributed by atoms with Crippen molar-refractivity contribution in [2.75, 3.05) is 13.2 Å². The first-order valence-electron chi connectivity index (χ1n) is 7.92. The molecule has 2 nitrogen and oxygen atoms in total. The third kappa shape index (κ3) is 4.13. The van der Waals surface area contributed by atoms with E-state index in [0.717, 1.165) is 36.8 Å². The van der Waals surface area contributed by atoms with E-state index in [1.807, 2.05) is 6.07 Å². The quantitative estimate of drug-likeness (QED) is 0.768. The molecule has 1 N–H and O–H groups in total. The average Bonchev–Trinajstić information content (AvgIpc) is 2.90. The number of rotatable bonds is 8. The van der Waals surface area contributed by atoms with Gasteiger partial charge in [0.05, 0.1) is 6.61 Å². The van der Waals surface area contributed by atoms with E-state index in [-0.39, 0.29) is 0 Å². The van der Waals surface area contributed by atoms with Crippen molar-refractivity contribution in [1.82, 2.24) is 5.32 Å². The molecule has 1 aliphatic heterocycles. The van der Waals surface area contributed by atoms with Crippen molar-refractivity contribution in [1.29, 1.82) is 0 Å². The lowest BCUT2D eigenvalue weighted by molar-refractivity contribution is 0.352. The maximum absolute atomic E-state index is 6.20. The Kier molecular flexibility index (Phi) is 6.18. The monoisotopic (exact) mass is 295 g/mol. The Morgan fingerprint density at radius 3 is 2.95 bits per heavy atom. The van der Waals surface area contributed by atoms with Crippen LogP contribution in [0.3, 0.4) is 0 Å². The summed E-state index contributed by atoms with van der Waals surface area (Å²) in [5.74, 6) is 1.10. The topological polar surface area (TPSA) is 21.3 Å². The zero-order valence-electron chi connectivity index (χ0n) is 12.7. The molecule has 0 aliphatic carbocycles. The first-order valence-corrected chi connectivity index (χ1v) is 8.29. The second-order valence-electron chi connectivity index (χ2n) is 5.60. The highest BCUT2D eigenvalue weighted by molar-refractivity contribution is 6.30. The van der Waals surface area contributed by atoms with E-state index in [4.69, 9.17) is 16.3 Å². The van der Waals surface area contributed by atoms with Gasteiger partial charge in [0.2, 0.25) is 0 Å². The zero-order valence-corrected chi connectivity index (χ0v) is 13.4. The fourth-order valence-corrected chi connectivity index (χ4v) is 3.13. The van der Waals surface area contributed by atoms with Gasteiger partial charge in [-0.2, -0.15) is 0 Å². The number of halogens is 1. The molecular weight excluding hydrogens is 270 g/mol. The number of benzene rings is 1. The van der Waals surface area contributed by atoms with Gasteiger partial charge in [-0.15, -0.1) is 0 Å². The summed E-state index contributed by atoms with van der Waals surface area (Å²) in [6.07, 6.45) is 6.87. The van der Waals surface area contributed by atoms with Crippen molar-refractivity contribution < 1.29 is 4.74 Å². The molecule has 1 atom stereocenters. The highest BCUT2D eigenvalue weighted by Crippen LogP contribution is 2.33. The minimum Gasteiger partial charge on any atom is -0.493 e. The fraction of sp³-hybridized carbons (Fsp3) is 0.647. The fourth-order valence-electron chi connectivity index (χ4n) is 2.87. The molecule has 0 fully saturated rings. The summed E-state index contributed by atoms with van der Waals surface area (Å²) in [6.45, 7) is 6.40. The van der Waals surface area contributed by atoms with Crippen LogP contribution in [0.5, 0.6) is 5.75 Å². The average molecular weight is 296 g/mol. The number of fused-ring (bicyclic) bond motifs is 1. The number of hydrogen-bond acceptors (Lipinski definition) is 2. The molecule has 0 bridgehead atoms. The van der Waals surface area contributed by atoms with Crippen molar-refractivity contribution in [2.24, 2.45) is 0 Å². The molecule has 0 aromatic heterocycles. The summed E-state index contributed by atoms with van der Waals surface area (Å²) in [5.41, 5.74) is 2.57. The Bertz CT molecular complexity index is 433. The van der Waals surface area contributed by atoms with Gasteiger partial charge in [-0.05, 0) is 61.9 Å². The van der Waals surface area contributed by atoms with E-state index in [2.05, 4.69) is 25.2 Å². The summed E-state index contributed by atoms with van der Waals surface area (Å²) < 4.78 is 5.76. The van der Waals surface area contributed by atoms with E-state index in [1.54, 1.807) is 0 Å². The van der Waals surface area contributed by atoms with Crippen LogP contribution in [0, 0.1) is 0 Å². The molecular formula is C17H26ClNO. The minimum atomic E-state index is 0.642. The molecule has 0 saturated carbocycles. The van der Waals surface area contributed by atoms with Crippen LogP contribution in [-0.4, -0.2) is 19.2 Å². The SMILES string of the molecule is CCCNC(CC)CCCc1cc(Cl)cc2c1OCC2. The minimum absolute atomic E-state index is 0.642. The largest absolute Gasteiger partial charge is 0.493 e. The molecule has 0 saturated heterocycles. The maximum atomic E-state index is 6.20. The summed E-state index contributed by atoms with van der Waals surface area (Å²) in [7, 11) is 0. The van der Waals surface area contributed by atoms with Crippen molar-refractivity contribution in [3.63, 3.8) is 0 Å². The van der Waals surface area contributed by atoms with Gasteiger partial charge >= 0.3 is 0 Å². The van der Waals surface area contributed by atoms with Gasteiger partial charge in [0.15, 0.2) is 0 Å². The van der Waals surface area contributed by atoms with Crippen LogP contribution >= 0.6 is 11.6 Å². The van der Waals surface area contributed by atoms with Crippen LogP contribution in [0.2, 0.25) is 5.02 Å². The highest BCUT2D eigenvalue weighted by atomic mass is 35.5.